The van der Waals surface area contributed by atoms with Gasteiger partial charge in [-0.05, 0) is 36.5 Å². The van der Waals surface area contributed by atoms with E-state index < -0.39 is 5.54 Å². The molecule has 92 valence electrons. The fraction of sp³-hybridized carbons (Fsp3) is 0.429. The zero-order chi connectivity index (χ0) is 12.8. The summed E-state index contributed by atoms with van der Waals surface area (Å²) < 4.78 is 0. The van der Waals surface area contributed by atoms with Crippen molar-refractivity contribution in [2.24, 2.45) is 4.99 Å². The van der Waals surface area contributed by atoms with Crippen molar-refractivity contribution in [1.29, 1.82) is 0 Å². The van der Waals surface area contributed by atoms with E-state index in [4.69, 9.17) is 0 Å². The van der Waals surface area contributed by atoms with Crippen molar-refractivity contribution in [3.63, 3.8) is 0 Å². The van der Waals surface area contributed by atoms with Gasteiger partial charge in [0.15, 0.2) is 0 Å². The van der Waals surface area contributed by atoms with Crippen LogP contribution in [0.25, 0.3) is 0 Å². The Morgan fingerprint density at radius 3 is 2.78 bits per heavy atom. The van der Waals surface area contributed by atoms with Gasteiger partial charge in [-0.1, -0.05) is 12.1 Å². The Hall–Kier alpha value is -1.93. The van der Waals surface area contributed by atoms with E-state index in [9.17, 15) is 9.59 Å². The van der Waals surface area contributed by atoms with Gasteiger partial charge in [0, 0.05) is 19.2 Å². The second-order valence-corrected chi connectivity index (χ2v) is 5.12. The summed E-state index contributed by atoms with van der Waals surface area (Å²) in [7, 11) is 1.80. The molecule has 0 radical (unpaired) electrons. The zero-order valence-corrected chi connectivity index (χ0v) is 10.3. The van der Waals surface area contributed by atoms with Crippen molar-refractivity contribution >= 4 is 12.0 Å². The summed E-state index contributed by atoms with van der Waals surface area (Å²) in [5.41, 5.74) is 2.36. The number of amides is 1. The number of benzene rings is 1. The van der Waals surface area contributed by atoms with Gasteiger partial charge in [0.1, 0.15) is 0 Å². The third-order valence-corrected chi connectivity index (χ3v) is 4.07. The van der Waals surface area contributed by atoms with Crippen LogP contribution in [0.3, 0.4) is 0 Å². The second-order valence-electron chi connectivity index (χ2n) is 5.12. The zero-order valence-electron chi connectivity index (χ0n) is 10.3. The van der Waals surface area contributed by atoms with Crippen LogP contribution in [0.15, 0.2) is 23.2 Å². The summed E-state index contributed by atoms with van der Waals surface area (Å²) >= 11 is 0. The molecule has 1 aliphatic heterocycles. The maximum atomic E-state index is 12.0. The molecule has 1 fully saturated rings. The first-order valence-electron chi connectivity index (χ1n) is 6.14. The summed E-state index contributed by atoms with van der Waals surface area (Å²) in [5, 5.41) is 0. The Balaban J connectivity index is 2.06. The van der Waals surface area contributed by atoms with Gasteiger partial charge >= 0.3 is 0 Å². The number of hydrogen-bond donors (Lipinski definition) is 0. The van der Waals surface area contributed by atoms with Gasteiger partial charge in [-0.15, -0.1) is 0 Å². The molecule has 0 atom stereocenters. The molecule has 1 aliphatic carbocycles. The number of fused-ring (bicyclic) bond motifs is 1. The van der Waals surface area contributed by atoms with E-state index in [1.54, 1.807) is 18.0 Å². The molecule has 1 aromatic carbocycles. The van der Waals surface area contributed by atoms with Gasteiger partial charge < -0.3 is 4.90 Å². The Kier molecular flexibility index (Phi) is 2.35. The van der Waals surface area contributed by atoms with Gasteiger partial charge in [-0.25, -0.2) is 4.79 Å². The summed E-state index contributed by atoms with van der Waals surface area (Å²) in [4.78, 5) is 28.2. The number of hydrogen-bond acceptors (Lipinski definition) is 3. The van der Waals surface area contributed by atoms with E-state index in [2.05, 4.69) is 4.99 Å². The maximum absolute atomic E-state index is 12.0. The van der Waals surface area contributed by atoms with Crippen LogP contribution in [0.1, 0.15) is 40.7 Å². The van der Waals surface area contributed by atoms with E-state index in [0.29, 0.717) is 6.54 Å². The van der Waals surface area contributed by atoms with Crippen molar-refractivity contribution in [1.82, 2.24) is 4.90 Å². The maximum Gasteiger partial charge on any atom is 0.254 e. The van der Waals surface area contributed by atoms with Gasteiger partial charge in [-0.2, -0.15) is 4.99 Å². The standard InChI is InChI=1S/C14H14N2O2/c1-16-8-10-3-4-11(7-12(10)13(16)18)14(15-9-17)5-2-6-14/h3-4,7H,2,5-6,8H2,1H3. The molecule has 1 amide bonds. The summed E-state index contributed by atoms with van der Waals surface area (Å²) in [6.07, 6.45) is 4.47. The van der Waals surface area contributed by atoms with Gasteiger partial charge in [0.25, 0.3) is 5.91 Å². The Morgan fingerprint density at radius 1 is 1.39 bits per heavy atom. The first-order chi connectivity index (χ1) is 8.66. The molecule has 1 aromatic rings. The van der Waals surface area contributed by atoms with Crippen LogP contribution in [-0.4, -0.2) is 23.9 Å². The molecule has 0 saturated heterocycles. The van der Waals surface area contributed by atoms with Crippen molar-refractivity contribution in [2.75, 3.05) is 7.05 Å². The fourth-order valence-electron chi connectivity index (χ4n) is 2.80. The highest BCUT2D eigenvalue weighted by Crippen LogP contribution is 2.45. The van der Waals surface area contributed by atoms with Crippen LogP contribution in [-0.2, 0) is 16.9 Å². The Morgan fingerprint density at radius 2 is 2.17 bits per heavy atom. The number of isocyanates is 1. The first-order valence-corrected chi connectivity index (χ1v) is 6.14. The SMILES string of the molecule is CN1Cc2ccc(C3(N=C=O)CCC3)cc2C1=O. The third-order valence-electron chi connectivity index (χ3n) is 4.07. The molecule has 0 N–H and O–H groups in total. The minimum atomic E-state index is -0.418. The van der Waals surface area contributed by atoms with Crippen LogP contribution in [0.5, 0.6) is 0 Å². The molecule has 18 heavy (non-hydrogen) atoms. The molecule has 1 heterocycles. The lowest BCUT2D eigenvalue weighted by Crippen LogP contribution is -2.32. The number of carbonyl (C=O) groups is 1. The monoisotopic (exact) mass is 242 g/mol. The topological polar surface area (TPSA) is 49.7 Å². The Labute approximate surface area is 105 Å². The van der Waals surface area contributed by atoms with Crippen LogP contribution < -0.4 is 0 Å². The normalized spacial score (nSPS) is 20.1. The average molecular weight is 242 g/mol. The summed E-state index contributed by atoms with van der Waals surface area (Å²) in [6.45, 7) is 0.665. The average Bonchev–Trinajstić information content (AvgIpc) is 2.60. The van der Waals surface area contributed by atoms with Crippen LogP contribution in [0.2, 0.25) is 0 Å². The molecule has 2 aliphatic rings. The van der Waals surface area contributed by atoms with Crippen molar-refractivity contribution in [3.05, 3.63) is 34.9 Å². The van der Waals surface area contributed by atoms with Gasteiger partial charge in [0.05, 0.1) is 5.54 Å². The highest BCUT2D eigenvalue weighted by atomic mass is 16.2. The molecule has 4 heteroatoms. The van der Waals surface area contributed by atoms with Crippen LogP contribution >= 0.6 is 0 Å². The number of nitrogens with zero attached hydrogens (tertiary/aromatic N) is 2. The lowest BCUT2D eigenvalue weighted by molar-refractivity contribution is 0.0816. The second kappa shape index (κ2) is 3.79. The molecule has 4 nitrogen and oxygen atoms in total. The van der Waals surface area contributed by atoms with Crippen molar-refractivity contribution in [3.8, 4) is 0 Å². The minimum absolute atomic E-state index is 0.0522. The predicted molar refractivity (Wildman–Crippen MR) is 65.9 cm³/mol. The molecule has 1 saturated carbocycles. The predicted octanol–water partition coefficient (Wildman–Crippen LogP) is 1.99. The highest BCUT2D eigenvalue weighted by molar-refractivity contribution is 5.98. The molecular weight excluding hydrogens is 228 g/mol. The summed E-state index contributed by atoms with van der Waals surface area (Å²) in [6, 6.07) is 5.87. The lowest BCUT2D eigenvalue weighted by Gasteiger charge is -2.37. The molecular formula is C14H14N2O2. The first kappa shape index (κ1) is 11.2. The van der Waals surface area contributed by atoms with Crippen molar-refractivity contribution < 1.29 is 9.59 Å². The Bertz CT molecular complexity index is 569. The van der Waals surface area contributed by atoms with Crippen LogP contribution in [0, 0.1) is 0 Å². The van der Waals surface area contributed by atoms with Crippen molar-refractivity contribution in [2.45, 2.75) is 31.3 Å². The highest BCUT2D eigenvalue weighted by Gasteiger charge is 2.40. The van der Waals surface area contributed by atoms with E-state index in [0.717, 1.165) is 36.0 Å². The van der Waals surface area contributed by atoms with E-state index in [-0.39, 0.29) is 5.91 Å². The number of carbonyl (C=O) groups excluding carboxylic acids is 2. The molecule has 0 unspecified atom stereocenters. The molecule has 0 spiro atoms. The van der Waals surface area contributed by atoms with E-state index >= 15 is 0 Å². The third kappa shape index (κ3) is 1.42. The molecule has 0 aromatic heterocycles. The summed E-state index contributed by atoms with van der Waals surface area (Å²) in [5.74, 6) is 0.0522. The van der Waals surface area contributed by atoms with E-state index in [1.165, 1.54) is 0 Å². The minimum Gasteiger partial charge on any atom is -0.337 e. The van der Waals surface area contributed by atoms with Gasteiger partial charge in [-0.3, -0.25) is 4.79 Å². The largest absolute Gasteiger partial charge is 0.337 e. The fourth-order valence-corrected chi connectivity index (χ4v) is 2.80. The van der Waals surface area contributed by atoms with E-state index in [1.807, 2.05) is 18.2 Å². The molecule has 0 bridgehead atoms. The van der Waals surface area contributed by atoms with Crippen LogP contribution in [0.4, 0.5) is 0 Å². The number of rotatable bonds is 2. The lowest BCUT2D eigenvalue weighted by atomic mass is 9.72. The molecule has 3 rings (SSSR count). The quantitative estimate of drug-likeness (QED) is 0.588. The smallest absolute Gasteiger partial charge is 0.254 e. The van der Waals surface area contributed by atoms with Gasteiger partial charge in [0.2, 0.25) is 6.08 Å². The number of aliphatic imine (C=N–C) groups is 1.